The van der Waals surface area contributed by atoms with Gasteiger partial charge < -0.3 is 11.1 Å². The minimum absolute atomic E-state index is 0.372. The lowest BCUT2D eigenvalue weighted by Crippen LogP contribution is -2.36. The van der Waals surface area contributed by atoms with E-state index in [4.69, 9.17) is 5.73 Å². The Morgan fingerprint density at radius 1 is 1.10 bits per heavy atom. The first kappa shape index (κ1) is 20.0. The molecule has 6 nitrogen and oxygen atoms in total. The first-order chi connectivity index (χ1) is 15.1. The topological polar surface area (TPSA) is 87.5 Å². The van der Waals surface area contributed by atoms with E-state index in [0.29, 0.717) is 16.3 Å². The summed E-state index contributed by atoms with van der Waals surface area (Å²) in [5.74, 6) is 0.327. The van der Waals surface area contributed by atoms with Crippen molar-refractivity contribution in [1.29, 1.82) is 0 Å². The van der Waals surface area contributed by atoms with Gasteiger partial charge in [0.25, 0.3) is 5.91 Å². The van der Waals surface area contributed by atoms with Crippen molar-refractivity contribution in [3.05, 3.63) is 58.5 Å². The van der Waals surface area contributed by atoms with Gasteiger partial charge in [-0.1, -0.05) is 36.8 Å². The minimum Gasteiger partial charge on any atom is -0.365 e. The summed E-state index contributed by atoms with van der Waals surface area (Å²) >= 11 is 1.47. The number of rotatable bonds is 5. The van der Waals surface area contributed by atoms with E-state index in [1.807, 2.05) is 42.5 Å². The maximum absolute atomic E-state index is 12.7. The minimum atomic E-state index is -0.481. The predicted octanol–water partition coefficient (Wildman–Crippen LogP) is 4.80. The van der Waals surface area contributed by atoms with Crippen LogP contribution < -0.4 is 16.4 Å². The second-order valence-corrected chi connectivity index (χ2v) is 9.60. The van der Waals surface area contributed by atoms with E-state index in [2.05, 4.69) is 15.5 Å². The number of carbonyl (C=O) groups excluding carboxylic acids is 2. The van der Waals surface area contributed by atoms with E-state index < -0.39 is 5.91 Å². The molecule has 1 aliphatic heterocycles. The van der Waals surface area contributed by atoms with Gasteiger partial charge in [0, 0.05) is 30.2 Å². The molecule has 0 saturated heterocycles. The number of benzene rings is 2. The molecule has 1 fully saturated rings. The average molecular weight is 435 g/mol. The highest BCUT2D eigenvalue weighted by Gasteiger charge is 2.29. The number of thiophene rings is 1. The Labute approximate surface area is 185 Å². The molecule has 2 heterocycles. The molecule has 160 valence electrons. The molecule has 0 radical (unpaired) electrons. The third-order valence-electron chi connectivity index (χ3n) is 6.36. The summed E-state index contributed by atoms with van der Waals surface area (Å²) < 4.78 is 0. The number of primary amides is 1. The van der Waals surface area contributed by atoms with Gasteiger partial charge in [0.2, 0.25) is 0 Å². The van der Waals surface area contributed by atoms with Crippen LogP contribution in [0.4, 0.5) is 15.5 Å². The Morgan fingerprint density at radius 3 is 2.65 bits per heavy atom. The van der Waals surface area contributed by atoms with Crippen molar-refractivity contribution in [3.63, 3.8) is 0 Å². The predicted molar refractivity (Wildman–Crippen MR) is 126 cm³/mol. The number of nitrogens with zero attached hydrogens (tertiary/aromatic N) is 1. The SMILES string of the molecule is NC(=O)c1c(NC(=O)Nc2ccc3ccccc3c2)sc2c1CCN(CC1CCC1)C2. The number of urea groups is 1. The number of hydrogen-bond donors (Lipinski definition) is 3. The van der Waals surface area contributed by atoms with Crippen molar-refractivity contribution in [1.82, 2.24) is 4.90 Å². The number of amides is 3. The lowest BCUT2D eigenvalue weighted by atomic mass is 9.85. The number of fused-ring (bicyclic) bond motifs is 2. The first-order valence-electron chi connectivity index (χ1n) is 10.8. The smallest absolute Gasteiger partial charge is 0.324 e. The third-order valence-corrected chi connectivity index (χ3v) is 7.49. The number of nitrogens with one attached hydrogen (secondary N) is 2. The molecule has 3 aromatic rings. The van der Waals surface area contributed by atoms with Crippen molar-refractivity contribution in [2.75, 3.05) is 23.7 Å². The van der Waals surface area contributed by atoms with Crippen molar-refractivity contribution in [2.24, 2.45) is 11.7 Å². The van der Waals surface area contributed by atoms with Gasteiger partial charge in [-0.05, 0) is 53.6 Å². The van der Waals surface area contributed by atoms with E-state index >= 15 is 0 Å². The zero-order valence-corrected chi connectivity index (χ0v) is 18.1. The molecule has 0 unspecified atom stereocenters. The molecule has 1 saturated carbocycles. The van der Waals surface area contributed by atoms with Crippen LogP contribution in [0, 0.1) is 5.92 Å². The molecule has 1 aromatic heterocycles. The van der Waals surface area contributed by atoms with Crippen LogP contribution in [0.2, 0.25) is 0 Å². The van der Waals surface area contributed by atoms with Gasteiger partial charge in [0.15, 0.2) is 0 Å². The van der Waals surface area contributed by atoms with Crippen molar-refractivity contribution >= 4 is 44.7 Å². The molecule has 0 bridgehead atoms. The monoisotopic (exact) mass is 434 g/mol. The zero-order valence-electron chi connectivity index (χ0n) is 17.3. The molecule has 31 heavy (non-hydrogen) atoms. The highest BCUT2D eigenvalue weighted by molar-refractivity contribution is 7.17. The van der Waals surface area contributed by atoms with Gasteiger partial charge in [-0.15, -0.1) is 11.3 Å². The summed E-state index contributed by atoms with van der Waals surface area (Å²) in [6, 6.07) is 13.4. The highest BCUT2D eigenvalue weighted by atomic mass is 32.1. The van der Waals surface area contributed by atoms with E-state index in [0.717, 1.165) is 53.2 Å². The summed E-state index contributed by atoms with van der Waals surface area (Å²) in [7, 11) is 0. The Bertz CT molecular complexity index is 1150. The zero-order chi connectivity index (χ0) is 21.4. The summed E-state index contributed by atoms with van der Waals surface area (Å²) in [6.45, 7) is 2.88. The van der Waals surface area contributed by atoms with Crippen molar-refractivity contribution in [3.8, 4) is 0 Å². The normalized spacial score (nSPS) is 16.5. The van der Waals surface area contributed by atoms with Gasteiger partial charge in [-0.3, -0.25) is 15.0 Å². The molecule has 2 aromatic carbocycles. The van der Waals surface area contributed by atoms with Gasteiger partial charge >= 0.3 is 6.03 Å². The largest absolute Gasteiger partial charge is 0.365 e. The average Bonchev–Trinajstić information content (AvgIpc) is 3.07. The van der Waals surface area contributed by atoms with Crippen molar-refractivity contribution < 1.29 is 9.59 Å². The van der Waals surface area contributed by atoms with Crippen LogP contribution in [0.1, 0.15) is 40.1 Å². The van der Waals surface area contributed by atoms with E-state index in [1.54, 1.807) is 0 Å². The second kappa shape index (κ2) is 8.32. The van der Waals surface area contributed by atoms with Gasteiger partial charge in [0.05, 0.1) is 5.56 Å². The number of nitrogens with two attached hydrogens (primary N) is 1. The summed E-state index contributed by atoms with van der Waals surface area (Å²) in [5.41, 5.74) is 7.87. The molecule has 1 aliphatic carbocycles. The van der Waals surface area contributed by atoms with Gasteiger partial charge in [-0.2, -0.15) is 0 Å². The quantitative estimate of drug-likeness (QED) is 0.539. The third kappa shape index (κ3) is 4.16. The lowest BCUT2D eigenvalue weighted by Gasteiger charge is -2.34. The van der Waals surface area contributed by atoms with E-state index in [-0.39, 0.29) is 6.03 Å². The second-order valence-electron chi connectivity index (χ2n) is 8.50. The lowest BCUT2D eigenvalue weighted by molar-refractivity contribution is 0.0999. The molecule has 0 atom stereocenters. The van der Waals surface area contributed by atoms with Crippen LogP contribution in [0.3, 0.4) is 0 Å². The fourth-order valence-electron chi connectivity index (χ4n) is 4.53. The van der Waals surface area contributed by atoms with Gasteiger partial charge in [-0.25, -0.2) is 4.79 Å². The molecule has 2 aliphatic rings. The Balaban J connectivity index is 1.32. The van der Waals surface area contributed by atoms with E-state index in [1.165, 1.54) is 30.6 Å². The molecular formula is C24H26N4O2S. The van der Waals surface area contributed by atoms with Crippen LogP contribution in [0.25, 0.3) is 10.8 Å². The van der Waals surface area contributed by atoms with Crippen LogP contribution in [-0.2, 0) is 13.0 Å². The molecule has 7 heteroatoms. The Kier molecular flexibility index (Phi) is 5.38. The standard InChI is InChI=1S/C24H26N4O2S/c25-22(29)21-19-10-11-28(13-15-4-3-5-15)14-20(19)31-23(21)27-24(30)26-18-9-8-16-6-1-2-7-17(16)12-18/h1-2,6-9,12,15H,3-5,10-11,13-14H2,(H2,25,29)(H2,26,27,30). The molecule has 0 spiro atoms. The first-order valence-corrected chi connectivity index (χ1v) is 11.6. The molecular weight excluding hydrogens is 408 g/mol. The summed E-state index contributed by atoms with van der Waals surface area (Å²) in [4.78, 5) is 28.5. The van der Waals surface area contributed by atoms with Crippen LogP contribution in [0.5, 0.6) is 0 Å². The van der Waals surface area contributed by atoms with Crippen LogP contribution >= 0.6 is 11.3 Å². The van der Waals surface area contributed by atoms with E-state index in [9.17, 15) is 9.59 Å². The Morgan fingerprint density at radius 2 is 1.90 bits per heavy atom. The highest BCUT2D eigenvalue weighted by Crippen LogP contribution is 2.38. The Hall–Kier alpha value is -2.90. The fraction of sp³-hybridized carbons (Fsp3) is 0.333. The molecule has 5 rings (SSSR count). The maximum atomic E-state index is 12.7. The van der Waals surface area contributed by atoms with Crippen LogP contribution in [-0.4, -0.2) is 29.9 Å². The summed E-state index contributed by atoms with van der Waals surface area (Å²) in [5, 5.41) is 8.45. The van der Waals surface area contributed by atoms with Crippen molar-refractivity contribution in [2.45, 2.75) is 32.2 Å². The molecule has 3 amide bonds. The molecule has 4 N–H and O–H groups in total. The number of carbonyl (C=O) groups is 2. The number of anilines is 2. The number of hydrogen-bond acceptors (Lipinski definition) is 4. The van der Waals surface area contributed by atoms with Crippen LogP contribution in [0.15, 0.2) is 42.5 Å². The summed E-state index contributed by atoms with van der Waals surface area (Å²) in [6.07, 6.45) is 4.78. The maximum Gasteiger partial charge on any atom is 0.324 e. The fourth-order valence-corrected chi connectivity index (χ4v) is 5.82. The van der Waals surface area contributed by atoms with Gasteiger partial charge in [0.1, 0.15) is 5.00 Å².